The fourth-order valence-corrected chi connectivity index (χ4v) is 3.15. The fraction of sp³-hybridized carbons (Fsp3) is 0.136. The lowest BCUT2D eigenvalue weighted by atomic mass is 10.0. The molecule has 0 aliphatic rings. The van der Waals surface area contributed by atoms with Gasteiger partial charge >= 0.3 is 5.69 Å². The first-order valence-electron chi connectivity index (χ1n) is 8.97. The number of oxazole rings is 1. The first-order valence-corrected chi connectivity index (χ1v) is 8.97. The maximum Gasteiger partial charge on any atom is 0.311 e. The van der Waals surface area contributed by atoms with Crippen molar-refractivity contribution in [3.63, 3.8) is 0 Å². The van der Waals surface area contributed by atoms with Gasteiger partial charge in [0.2, 0.25) is 5.89 Å². The molecule has 0 amide bonds. The lowest BCUT2D eigenvalue weighted by Crippen LogP contribution is -2.07. The summed E-state index contributed by atoms with van der Waals surface area (Å²) in [6.45, 7) is 0. The molecule has 1 aromatic heterocycles. The molecule has 7 nitrogen and oxygen atoms in total. The van der Waals surface area contributed by atoms with Gasteiger partial charge in [-0.3, -0.25) is 10.1 Å². The van der Waals surface area contributed by atoms with Gasteiger partial charge in [0.1, 0.15) is 5.52 Å². The van der Waals surface area contributed by atoms with Crippen molar-refractivity contribution in [2.24, 2.45) is 0 Å². The van der Waals surface area contributed by atoms with Gasteiger partial charge in [0.05, 0.1) is 12.0 Å². The Morgan fingerprint density at radius 1 is 0.966 bits per heavy atom. The molecule has 0 aliphatic carbocycles. The third kappa shape index (κ3) is 3.50. The monoisotopic (exact) mass is 389 g/mol. The lowest BCUT2D eigenvalue weighted by Gasteiger charge is -2.12. The molecule has 4 rings (SSSR count). The van der Waals surface area contributed by atoms with Gasteiger partial charge in [-0.1, -0.05) is 18.2 Å². The standard InChI is InChI=1S/C22H19N3O4/c1-24(2)17-8-4-14(5-9-17)15-6-10-20-18(12-15)23-22(29-20)16-7-11-21(28-3)19(13-16)25(26)27/h4-13H,1-3H3. The summed E-state index contributed by atoms with van der Waals surface area (Å²) in [7, 11) is 5.40. The number of nitro groups is 1. The lowest BCUT2D eigenvalue weighted by molar-refractivity contribution is -0.385. The molecule has 0 bridgehead atoms. The van der Waals surface area contributed by atoms with E-state index in [0.29, 0.717) is 22.6 Å². The van der Waals surface area contributed by atoms with Crippen LogP contribution in [0.1, 0.15) is 0 Å². The predicted molar refractivity (Wildman–Crippen MR) is 112 cm³/mol. The number of fused-ring (bicyclic) bond motifs is 1. The summed E-state index contributed by atoms with van der Waals surface area (Å²) >= 11 is 0. The predicted octanol–water partition coefficient (Wildman–Crippen LogP) is 5.14. The van der Waals surface area contributed by atoms with Crippen molar-refractivity contribution in [2.75, 3.05) is 26.1 Å². The summed E-state index contributed by atoms with van der Waals surface area (Å²) in [5.74, 6) is 0.518. The zero-order chi connectivity index (χ0) is 20.5. The number of hydrogen-bond acceptors (Lipinski definition) is 6. The molecule has 0 N–H and O–H groups in total. The molecule has 0 atom stereocenters. The number of methoxy groups -OCH3 is 1. The Kier molecular flexibility index (Phi) is 4.64. The highest BCUT2D eigenvalue weighted by atomic mass is 16.6. The van der Waals surface area contributed by atoms with E-state index in [0.717, 1.165) is 16.8 Å². The van der Waals surface area contributed by atoms with Crippen molar-refractivity contribution in [3.8, 4) is 28.3 Å². The van der Waals surface area contributed by atoms with Crippen molar-refractivity contribution in [2.45, 2.75) is 0 Å². The highest BCUT2D eigenvalue weighted by molar-refractivity contribution is 5.83. The Bertz CT molecular complexity index is 1200. The molecule has 0 fully saturated rings. The molecule has 0 aliphatic heterocycles. The highest BCUT2D eigenvalue weighted by Gasteiger charge is 2.18. The smallest absolute Gasteiger partial charge is 0.311 e. The van der Waals surface area contributed by atoms with Crippen LogP contribution >= 0.6 is 0 Å². The Hall–Kier alpha value is -3.87. The van der Waals surface area contributed by atoms with Crippen molar-refractivity contribution in [3.05, 3.63) is 70.8 Å². The number of anilines is 1. The molecule has 0 unspecified atom stereocenters. The van der Waals surface area contributed by atoms with Gasteiger partial charge in [-0.25, -0.2) is 4.98 Å². The number of hydrogen-bond donors (Lipinski definition) is 0. The van der Waals surface area contributed by atoms with Crippen LogP contribution < -0.4 is 9.64 Å². The zero-order valence-corrected chi connectivity index (χ0v) is 16.2. The molecule has 29 heavy (non-hydrogen) atoms. The maximum atomic E-state index is 11.3. The Balaban J connectivity index is 1.72. The largest absolute Gasteiger partial charge is 0.490 e. The average Bonchev–Trinajstić information content (AvgIpc) is 3.16. The number of aromatic nitrogens is 1. The van der Waals surface area contributed by atoms with E-state index in [1.807, 2.05) is 37.2 Å². The molecule has 4 aromatic rings. The molecule has 0 saturated heterocycles. The van der Waals surface area contributed by atoms with E-state index in [4.69, 9.17) is 9.15 Å². The quantitative estimate of drug-likeness (QED) is 0.347. The normalized spacial score (nSPS) is 10.9. The van der Waals surface area contributed by atoms with Gasteiger partial charge in [0.15, 0.2) is 11.3 Å². The van der Waals surface area contributed by atoms with Crippen molar-refractivity contribution >= 4 is 22.5 Å². The summed E-state index contributed by atoms with van der Waals surface area (Å²) in [4.78, 5) is 17.4. The van der Waals surface area contributed by atoms with Crippen LogP contribution in [0.4, 0.5) is 11.4 Å². The maximum absolute atomic E-state index is 11.3. The minimum Gasteiger partial charge on any atom is -0.490 e. The van der Waals surface area contributed by atoms with Crippen molar-refractivity contribution in [1.29, 1.82) is 0 Å². The first-order chi connectivity index (χ1) is 14.0. The van der Waals surface area contributed by atoms with Gasteiger partial charge in [0, 0.05) is 31.4 Å². The molecule has 7 heteroatoms. The minimum absolute atomic E-state index is 0.131. The zero-order valence-electron chi connectivity index (χ0n) is 16.2. The Labute approximate surface area is 167 Å². The fourth-order valence-electron chi connectivity index (χ4n) is 3.15. The van der Waals surface area contributed by atoms with Gasteiger partial charge in [-0.15, -0.1) is 0 Å². The third-order valence-corrected chi connectivity index (χ3v) is 4.73. The van der Waals surface area contributed by atoms with Crippen molar-refractivity contribution < 1.29 is 14.1 Å². The van der Waals surface area contributed by atoms with E-state index in [2.05, 4.69) is 29.2 Å². The van der Waals surface area contributed by atoms with E-state index < -0.39 is 4.92 Å². The molecule has 1 heterocycles. The van der Waals surface area contributed by atoms with Crippen LogP contribution in [0.25, 0.3) is 33.7 Å². The summed E-state index contributed by atoms with van der Waals surface area (Å²) in [6, 6.07) is 18.7. The van der Waals surface area contributed by atoms with E-state index in [-0.39, 0.29) is 11.4 Å². The van der Waals surface area contributed by atoms with Crippen LogP contribution in [0.5, 0.6) is 5.75 Å². The summed E-state index contributed by atoms with van der Waals surface area (Å²) in [5, 5.41) is 11.3. The number of nitro benzene ring substituents is 1. The molecular weight excluding hydrogens is 370 g/mol. The summed E-state index contributed by atoms with van der Waals surface area (Å²) < 4.78 is 10.9. The van der Waals surface area contributed by atoms with Crippen LogP contribution in [-0.4, -0.2) is 31.1 Å². The second-order valence-corrected chi connectivity index (χ2v) is 6.79. The number of ether oxygens (including phenoxy) is 1. The van der Waals surface area contributed by atoms with Crippen LogP contribution in [0.2, 0.25) is 0 Å². The third-order valence-electron chi connectivity index (χ3n) is 4.73. The van der Waals surface area contributed by atoms with Crippen LogP contribution in [0, 0.1) is 10.1 Å². The summed E-state index contributed by atoms with van der Waals surface area (Å²) in [5.41, 5.74) is 4.91. The van der Waals surface area contributed by atoms with Gasteiger partial charge in [-0.2, -0.15) is 0 Å². The SMILES string of the molecule is COc1ccc(-c2nc3cc(-c4ccc(N(C)C)cc4)ccc3o2)cc1[N+](=O)[O-]. The van der Waals surface area contributed by atoms with Gasteiger partial charge in [0.25, 0.3) is 0 Å². The number of benzene rings is 3. The molecule has 146 valence electrons. The minimum atomic E-state index is -0.486. The van der Waals surface area contributed by atoms with Crippen molar-refractivity contribution in [1.82, 2.24) is 4.98 Å². The van der Waals surface area contributed by atoms with E-state index in [1.54, 1.807) is 12.1 Å². The van der Waals surface area contributed by atoms with Crippen LogP contribution in [0.3, 0.4) is 0 Å². The molecule has 0 spiro atoms. The first kappa shape index (κ1) is 18.5. The second kappa shape index (κ2) is 7.27. The van der Waals surface area contributed by atoms with E-state index in [9.17, 15) is 10.1 Å². The van der Waals surface area contributed by atoms with E-state index in [1.165, 1.54) is 13.2 Å². The summed E-state index contributed by atoms with van der Waals surface area (Å²) in [6.07, 6.45) is 0. The van der Waals surface area contributed by atoms with E-state index >= 15 is 0 Å². The van der Waals surface area contributed by atoms with Crippen LogP contribution in [0.15, 0.2) is 65.1 Å². The van der Waals surface area contributed by atoms with Crippen LogP contribution in [-0.2, 0) is 0 Å². The second-order valence-electron chi connectivity index (χ2n) is 6.79. The number of rotatable bonds is 5. The molecular formula is C22H19N3O4. The Morgan fingerprint density at radius 3 is 2.31 bits per heavy atom. The highest BCUT2D eigenvalue weighted by Crippen LogP contribution is 2.34. The molecule has 0 radical (unpaired) electrons. The van der Waals surface area contributed by atoms with Gasteiger partial charge in [-0.05, 0) is 47.5 Å². The van der Waals surface area contributed by atoms with Gasteiger partial charge < -0.3 is 14.1 Å². The Morgan fingerprint density at radius 2 is 1.66 bits per heavy atom. The average molecular weight is 389 g/mol. The molecule has 0 saturated carbocycles. The molecule has 3 aromatic carbocycles. The number of nitrogens with zero attached hydrogens (tertiary/aromatic N) is 3. The topological polar surface area (TPSA) is 81.6 Å².